The average Bonchev–Trinajstić information content (AvgIpc) is 3.10. The normalized spacial score (nSPS) is 13.2. The van der Waals surface area contributed by atoms with Crippen molar-refractivity contribution in [2.24, 2.45) is 0 Å². The first-order valence-electron chi connectivity index (χ1n) is 10.1. The van der Waals surface area contributed by atoms with Crippen molar-refractivity contribution in [2.45, 2.75) is 25.7 Å². The Morgan fingerprint density at radius 3 is 2.53 bits per heavy atom. The van der Waals surface area contributed by atoms with Gasteiger partial charge in [0.1, 0.15) is 9.71 Å². The number of aromatic nitrogens is 1. The highest BCUT2D eigenvalue weighted by Crippen LogP contribution is 2.43. The van der Waals surface area contributed by atoms with E-state index in [0.717, 1.165) is 63.7 Å². The van der Waals surface area contributed by atoms with Gasteiger partial charge in [-0.1, -0.05) is 42.5 Å². The number of nitrogens with two attached hydrogens (primary N) is 1. The largest absolute Gasteiger partial charge is 0.397 e. The van der Waals surface area contributed by atoms with Crippen LogP contribution < -0.4 is 16.4 Å². The second kappa shape index (κ2) is 7.82. The van der Waals surface area contributed by atoms with Crippen LogP contribution in [0.5, 0.6) is 0 Å². The van der Waals surface area contributed by atoms with Crippen LogP contribution in [0.4, 0.5) is 11.4 Å². The number of nitrogens with one attached hydrogen (secondary N) is 1. The molecule has 30 heavy (non-hydrogen) atoms. The molecule has 0 bridgehead atoms. The number of fused-ring (bicyclic) bond motifs is 2. The average molecular weight is 432 g/mol. The van der Waals surface area contributed by atoms with Gasteiger partial charge in [-0.3, -0.25) is 4.79 Å². The predicted octanol–water partition coefficient (Wildman–Crippen LogP) is 5.18. The van der Waals surface area contributed by atoms with Gasteiger partial charge in [0.15, 0.2) is 0 Å². The molecule has 0 fully saturated rings. The number of carbonyl (C=O) groups is 1. The van der Waals surface area contributed by atoms with Crippen LogP contribution in [0.25, 0.3) is 21.3 Å². The molecule has 2 aromatic carbocycles. The molecule has 0 radical (unpaired) electrons. The maximum absolute atomic E-state index is 13.0. The van der Waals surface area contributed by atoms with E-state index in [2.05, 4.69) is 26.7 Å². The molecule has 0 spiro atoms. The maximum Gasteiger partial charge on any atom is 0.267 e. The lowest BCUT2D eigenvalue weighted by molar-refractivity contribution is 0.103. The molecule has 0 saturated carbocycles. The first-order valence-corrected chi connectivity index (χ1v) is 11.5. The van der Waals surface area contributed by atoms with E-state index in [4.69, 9.17) is 10.7 Å². The molecule has 1 aliphatic carbocycles. The van der Waals surface area contributed by atoms with Crippen molar-refractivity contribution in [3.63, 3.8) is 0 Å². The van der Waals surface area contributed by atoms with Crippen LogP contribution in [0.3, 0.4) is 0 Å². The van der Waals surface area contributed by atoms with Crippen molar-refractivity contribution < 1.29 is 4.79 Å². The Bertz CT molecular complexity index is 1250. The van der Waals surface area contributed by atoms with Gasteiger partial charge in [-0.25, -0.2) is 4.98 Å². The number of anilines is 2. The van der Waals surface area contributed by atoms with Gasteiger partial charge in [0.05, 0.1) is 5.69 Å². The molecule has 3 N–H and O–H groups in total. The molecule has 1 unspecified atom stereocenters. The highest BCUT2D eigenvalue weighted by atomic mass is 32.1. The third-order valence-corrected chi connectivity index (χ3v) is 7.07. The molecule has 5 rings (SSSR count). The van der Waals surface area contributed by atoms with Crippen molar-refractivity contribution in [1.29, 1.82) is 0 Å². The van der Waals surface area contributed by atoms with Gasteiger partial charge in [0, 0.05) is 16.8 Å². The molecule has 1 aliphatic rings. The van der Waals surface area contributed by atoms with E-state index in [1.807, 2.05) is 42.5 Å². The van der Waals surface area contributed by atoms with E-state index < -0.39 is 0 Å². The molecule has 6 heteroatoms. The van der Waals surface area contributed by atoms with E-state index in [1.54, 1.807) is 0 Å². The number of carbonyl (C=O) groups excluding carboxylic acids is 1. The number of rotatable bonds is 3. The third kappa shape index (κ3) is 3.38. The Morgan fingerprint density at radius 1 is 1.03 bits per heavy atom. The van der Waals surface area contributed by atoms with Gasteiger partial charge >= 0.3 is 0 Å². The molecule has 2 aromatic heterocycles. The van der Waals surface area contributed by atoms with Crippen molar-refractivity contribution in [3.05, 3.63) is 70.7 Å². The number of aryl methyl sites for hydroxylation is 1. The maximum atomic E-state index is 13.0. The van der Waals surface area contributed by atoms with Crippen molar-refractivity contribution in [3.8, 4) is 11.1 Å². The van der Waals surface area contributed by atoms with Crippen molar-refractivity contribution in [2.75, 3.05) is 11.1 Å². The highest BCUT2D eigenvalue weighted by molar-refractivity contribution is 7.27. The topological polar surface area (TPSA) is 68.0 Å². The fourth-order valence-corrected chi connectivity index (χ4v) is 5.37. The SMILES string of the molecule is Nc1c(C(=O)Nc2ccc(P)cc2)sc2nc3c(c(-c4ccccc4)c12)CCCC3. The highest BCUT2D eigenvalue weighted by Gasteiger charge is 2.25. The Kier molecular flexibility index (Phi) is 5.01. The Morgan fingerprint density at radius 2 is 1.77 bits per heavy atom. The van der Waals surface area contributed by atoms with E-state index in [-0.39, 0.29) is 5.91 Å². The third-order valence-electron chi connectivity index (χ3n) is 5.59. The quantitative estimate of drug-likeness (QED) is 0.440. The van der Waals surface area contributed by atoms with Crippen LogP contribution in [0, 0.1) is 0 Å². The van der Waals surface area contributed by atoms with E-state index in [1.165, 1.54) is 16.9 Å². The summed E-state index contributed by atoms with van der Waals surface area (Å²) in [4.78, 5) is 19.4. The Hall–Kier alpha value is -2.75. The minimum Gasteiger partial charge on any atom is -0.397 e. The lowest BCUT2D eigenvalue weighted by Gasteiger charge is -2.20. The molecular formula is C24H22N3OPS. The molecule has 4 nitrogen and oxygen atoms in total. The minimum atomic E-state index is -0.191. The number of nitrogens with zero attached hydrogens (tertiary/aromatic N) is 1. The van der Waals surface area contributed by atoms with Gasteiger partial charge < -0.3 is 11.1 Å². The lowest BCUT2D eigenvalue weighted by atomic mass is 9.87. The zero-order valence-electron chi connectivity index (χ0n) is 16.4. The monoisotopic (exact) mass is 431 g/mol. The number of thiophene rings is 1. The second-order valence-electron chi connectivity index (χ2n) is 7.59. The van der Waals surface area contributed by atoms with Gasteiger partial charge in [0.25, 0.3) is 5.91 Å². The van der Waals surface area contributed by atoms with E-state index in [0.29, 0.717) is 10.6 Å². The zero-order chi connectivity index (χ0) is 20.7. The number of nitrogen functional groups attached to an aromatic ring is 1. The summed E-state index contributed by atoms with van der Waals surface area (Å²) in [5.74, 6) is -0.191. The van der Waals surface area contributed by atoms with E-state index >= 15 is 0 Å². The number of amides is 1. The molecule has 0 saturated heterocycles. The van der Waals surface area contributed by atoms with Gasteiger partial charge in [-0.2, -0.15) is 0 Å². The van der Waals surface area contributed by atoms with Crippen LogP contribution in [0.1, 0.15) is 33.8 Å². The van der Waals surface area contributed by atoms with Crippen LogP contribution in [-0.2, 0) is 12.8 Å². The van der Waals surface area contributed by atoms with Crippen molar-refractivity contribution in [1.82, 2.24) is 4.98 Å². The van der Waals surface area contributed by atoms with E-state index in [9.17, 15) is 4.79 Å². The molecular weight excluding hydrogens is 409 g/mol. The number of benzene rings is 2. The smallest absolute Gasteiger partial charge is 0.267 e. The first kappa shape index (κ1) is 19.2. The van der Waals surface area contributed by atoms with Crippen LogP contribution in [0.15, 0.2) is 54.6 Å². The number of hydrogen-bond acceptors (Lipinski definition) is 4. The van der Waals surface area contributed by atoms with Crippen LogP contribution in [0.2, 0.25) is 0 Å². The molecule has 2 heterocycles. The Labute approximate surface area is 181 Å². The summed E-state index contributed by atoms with van der Waals surface area (Å²) >= 11 is 1.38. The van der Waals surface area contributed by atoms with Gasteiger partial charge in [0.2, 0.25) is 0 Å². The molecule has 1 atom stereocenters. The first-order chi connectivity index (χ1) is 14.6. The number of hydrogen-bond donors (Lipinski definition) is 2. The molecule has 150 valence electrons. The van der Waals surface area contributed by atoms with Gasteiger partial charge in [-0.05, 0) is 59.8 Å². The fraction of sp³-hybridized carbons (Fsp3) is 0.167. The van der Waals surface area contributed by atoms with Crippen LogP contribution in [-0.4, -0.2) is 10.9 Å². The number of pyridine rings is 1. The summed E-state index contributed by atoms with van der Waals surface area (Å²) in [5, 5.41) is 4.95. The zero-order valence-corrected chi connectivity index (χ0v) is 18.4. The summed E-state index contributed by atoms with van der Waals surface area (Å²) in [5.41, 5.74) is 12.6. The summed E-state index contributed by atoms with van der Waals surface area (Å²) in [6, 6.07) is 18.0. The minimum absolute atomic E-state index is 0.191. The summed E-state index contributed by atoms with van der Waals surface area (Å²) in [7, 11) is 2.64. The standard InChI is InChI=1S/C24H22N3OPS/c25-21-20-19(14-6-2-1-3-7-14)17-8-4-5-9-18(17)27-24(20)30-22(21)23(28)26-15-10-12-16(29)13-11-15/h1-3,6-7,10-13H,4-5,8-9,25,29H2,(H,26,28). The van der Waals surface area contributed by atoms with Gasteiger partial charge in [-0.15, -0.1) is 20.6 Å². The fourth-order valence-electron chi connectivity index (χ4n) is 4.15. The van der Waals surface area contributed by atoms with Crippen molar-refractivity contribution >= 4 is 53.4 Å². The van der Waals surface area contributed by atoms with Crippen LogP contribution >= 0.6 is 20.6 Å². The lowest BCUT2D eigenvalue weighted by Crippen LogP contribution is -2.12. The molecule has 4 aromatic rings. The summed E-state index contributed by atoms with van der Waals surface area (Å²) in [6.07, 6.45) is 4.29. The summed E-state index contributed by atoms with van der Waals surface area (Å²) < 4.78 is 0. The molecule has 1 amide bonds. The summed E-state index contributed by atoms with van der Waals surface area (Å²) in [6.45, 7) is 0. The second-order valence-corrected chi connectivity index (χ2v) is 9.25. The Balaban J connectivity index is 1.66. The predicted molar refractivity (Wildman–Crippen MR) is 130 cm³/mol. The molecule has 0 aliphatic heterocycles.